The van der Waals surface area contributed by atoms with Gasteiger partial charge in [-0.15, -0.1) is 0 Å². The van der Waals surface area contributed by atoms with E-state index in [-0.39, 0.29) is 36.2 Å². The van der Waals surface area contributed by atoms with E-state index in [0.717, 1.165) is 11.8 Å². The molecule has 3 N–H and O–H groups in total. The number of rotatable bonds is 12. The Morgan fingerprint density at radius 2 is 1.70 bits per heavy atom. The summed E-state index contributed by atoms with van der Waals surface area (Å²) in [6.45, 7) is 0.253. The number of hydrogen-bond donors (Lipinski definition) is 3. The lowest BCUT2D eigenvalue weighted by atomic mass is 10.1. The van der Waals surface area contributed by atoms with Crippen molar-refractivity contribution >= 4 is 45.5 Å². The average molecular weight is 531 g/mol. The molecule has 0 saturated carbocycles. The maximum atomic E-state index is 14.3. The van der Waals surface area contributed by atoms with E-state index in [2.05, 4.69) is 25.3 Å². The second-order valence-corrected chi connectivity index (χ2v) is 9.74. The van der Waals surface area contributed by atoms with E-state index in [1.165, 1.54) is 29.2 Å². The Morgan fingerprint density at radius 3 is 2.35 bits per heavy atom. The molecule has 1 amide bonds. The highest BCUT2D eigenvalue weighted by Gasteiger charge is 2.14. The van der Waals surface area contributed by atoms with E-state index < -0.39 is 21.9 Å². The normalized spacial score (nSPS) is 11.0. The molecule has 0 fully saturated rings. The van der Waals surface area contributed by atoms with Crippen LogP contribution in [-0.2, 0) is 26.0 Å². The molecule has 0 radical (unpaired) electrons. The highest BCUT2D eigenvalue weighted by atomic mass is 32.2. The van der Waals surface area contributed by atoms with Gasteiger partial charge in [0.1, 0.15) is 6.29 Å². The molecule has 1 heterocycles. The van der Waals surface area contributed by atoms with Gasteiger partial charge in [-0.3, -0.25) is 0 Å². The smallest absolute Gasteiger partial charge is 0.409 e. The first kappa shape index (κ1) is 27.5. The lowest BCUT2D eigenvalue weighted by Gasteiger charge is -2.12. The summed E-state index contributed by atoms with van der Waals surface area (Å²) >= 11 is 0. The first-order chi connectivity index (χ1) is 17.7. The zero-order valence-corrected chi connectivity index (χ0v) is 21.1. The summed E-state index contributed by atoms with van der Waals surface area (Å²) in [6.07, 6.45) is 1.84. The SMILES string of the molecule is CN(C)C(=O)OCCc1ccc(Nc2nc(Nc3ccc(S(=O)(=O)NCCC=O)cc3)ncc2F)cc1. The van der Waals surface area contributed by atoms with Gasteiger partial charge in [-0.25, -0.2) is 27.3 Å². The van der Waals surface area contributed by atoms with Crippen LogP contribution in [0.3, 0.4) is 0 Å². The van der Waals surface area contributed by atoms with E-state index >= 15 is 0 Å². The molecule has 1 aromatic heterocycles. The third-order valence-corrected chi connectivity index (χ3v) is 6.39. The average Bonchev–Trinajstić information content (AvgIpc) is 2.87. The Labute approximate surface area is 214 Å². The summed E-state index contributed by atoms with van der Waals surface area (Å²) in [5, 5.41) is 5.80. The number of nitrogens with zero attached hydrogens (tertiary/aromatic N) is 3. The van der Waals surface area contributed by atoms with Gasteiger partial charge < -0.3 is 25.1 Å². The molecule has 0 saturated heterocycles. The topological polar surface area (TPSA) is 143 Å². The summed E-state index contributed by atoms with van der Waals surface area (Å²) in [5.74, 6) is -0.611. The van der Waals surface area contributed by atoms with Crippen molar-refractivity contribution in [3.8, 4) is 0 Å². The van der Waals surface area contributed by atoms with Gasteiger partial charge in [0.25, 0.3) is 0 Å². The van der Waals surface area contributed by atoms with Gasteiger partial charge >= 0.3 is 6.09 Å². The summed E-state index contributed by atoms with van der Waals surface area (Å²) < 4.78 is 46.2. The van der Waals surface area contributed by atoms with Gasteiger partial charge in [-0.1, -0.05) is 12.1 Å². The van der Waals surface area contributed by atoms with Gasteiger partial charge in [-0.05, 0) is 42.0 Å². The molecule has 0 unspecified atom stereocenters. The number of halogens is 1. The van der Waals surface area contributed by atoms with Crippen LogP contribution in [0.1, 0.15) is 12.0 Å². The van der Waals surface area contributed by atoms with Gasteiger partial charge in [0.15, 0.2) is 11.6 Å². The van der Waals surface area contributed by atoms with Crippen LogP contribution in [-0.4, -0.2) is 62.9 Å². The predicted molar refractivity (Wildman–Crippen MR) is 136 cm³/mol. The zero-order valence-electron chi connectivity index (χ0n) is 20.3. The second-order valence-electron chi connectivity index (χ2n) is 7.97. The molecule has 3 rings (SSSR count). The lowest BCUT2D eigenvalue weighted by Crippen LogP contribution is -2.24. The molecule has 0 spiro atoms. The van der Waals surface area contributed by atoms with E-state index in [1.807, 2.05) is 12.1 Å². The number of nitrogens with one attached hydrogen (secondary N) is 3. The molecule has 37 heavy (non-hydrogen) atoms. The van der Waals surface area contributed by atoms with Crippen LogP contribution in [0.25, 0.3) is 0 Å². The van der Waals surface area contributed by atoms with Crippen LogP contribution in [0.4, 0.5) is 32.3 Å². The number of aldehydes is 1. The van der Waals surface area contributed by atoms with Crippen LogP contribution in [0.5, 0.6) is 0 Å². The van der Waals surface area contributed by atoms with Crippen LogP contribution in [0.2, 0.25) is 0 Å². The number of ether oxygens (including phenoxy) is 1. The standard InChI is InChI=1S/C24H27FN6O5S/c1-31(2)24(33)36-15-12-17-4-6-18(7-5-17)28-22-21(25)16-26-23(30-22)29-19-8-10-20(11-9-19)37(34,35)27-13-3-14-32/h4-11,14,16,27H,3,12-13,15H2,1-2H3,(H2,26,28,29,30). The maximum Gasteiger partial charge on any atom is 0.409 e. The van der Waals surface area contributed by atoms with Crippen LogP contribution < -0.4 is 15.4 Å². The molecule has 0 aliphatic rings. The fourth-order valence-electron chi connectivity index (χ4n) is 2.97. The minimum absolute atomic E-state index is 0.0138. The van der Waals surface area contributed by atoms with Crippen molar-refractivity contribution in [1.82, 2.24) is 19.6 Å². The van der Waals surface area contributed by atoms with Crippen LogP contribution in [0, 0.1) is 5.82 Å². The Balaban J connectivity index is 1.61. The minimum Gasteiger partial charge on any atom is -0.449 e. The molecule has 11 nitrogen and oxygen atoms in total. The van der Waals surface area contributed by atoms with E-state index in [4.69, 9.17) is 4.74 Å². The molecule has 13 heteroatoms. The number of benzene rings is 2. The first-order valence-electron chi connectivity index (χ1n) is 11.2. The van der Waals surface area contributed by atoms with Crippen LogP contribution in [0.15, 0.2) is 59.6 Å². The molecule has 2 aromatic carbocycles. The Bertz CT molecular complexity index is 1320. The Morgan fingerprint density at radius 1 is 1.05 bits per heavy atom. The monoisotopic (exact) mass is 530 g/mol. The van der Waals surface area contributed by atoms with Crippen molar-refractivity contribution in [3.63, 3.8) is 0 Å². The van der Waals surface area contributed by atoms with Crippen molar-refractivity contribution < 1.29 is 27.1 Å². The third kappa shape index (κ3) is 8.22. The molecule has 0 bridgehead atoms. The van der Waals surface area contributed by atoms with Crippen molar-refractivity contribution in [2.75, 3.05) is 37.9 Å². The highest BCUT2D eigenvalue weighted by molar-refractivity contribution is 7.89. The summed E-state index contributed by atoms with van der Waals surface area (Å²) in [6, 6.07) is 13.0. The quantitative estimate of drug-likeness (QED) is 0.238. The van der Waals surface area contributed by atoms with E-state index in [1.54, 1.807) is 26.2 Å². The number of amides is 1. The second kappa shape index (κ2) is 12.7. The molecule has 0 atom stereocenters. The number of carbonyl (C=O) groups is 2. The van der Waals surface area contributed by atoms with Crippen molar-refractivity contribution in [2.45, 2.75) is 17.7 Å². The fraction of sp³-hybridized carbons (Fsp3) is 0.250. The first-order valence-corrected chi connectivity index (χ1v) is 12.7. The van der Waals surface area contributed by atoms with E-state index in [0.29, 0.717) is 24.1 Å². The van der Waals surface area contributed by atoms with E-state index in [9.17, 15) is 22.4 Å². The van der Waals surface area contributed by atoms with Gasteiger partial charge in [0, 0.05) is 44.9 Å². The Kier molecular flexibility index (Phi) is 9.46. The molecular weight excluding hydrogens is 503 g/mol. The molecule has 3 aromatic rings. The van der Waals surface area contributed by atoms with Crippen molar-refractivity contribution in [1.29, 1.82) is 0 Å². The maximum absolute atomic E-state index is 14.3. The highest BCUT2D eigenvalue weighted by Crippen LogP contribution is 2.22. The largest absolute Gasteiger partial charge is 0.449 e. The van der Waals surface area contributed by atoms with Crippen molar-refractivity contribution in [2.24, 2.45) is 0 Å². The minimum atomic E-state index is -3.74. The number of hydrogen-bond acceptors (Lipinski definition) is 9. The molecule has 0 aliphatic carbocycles. The molecule has 196 valence electrons. The fourth-order valence-corrected chi connectivity index (χ4v) is 4.02. The summed E-state index contributed by atoms with van der Waals surface area (Å²) in [7, 11) is -0.519. The summed E-state index contributed by atoms with van der Waals surface area (Å²) in [4.78, 5) is 31.3. The number of aromatic nitrogens is 2. The number of carbonyl (C=O) groups excluding carboxylic acids is 2. The number of anilines is 4. The predicted octanol–water partition coefficient (Wildman–Crippen LogP) is 3.21. The van der Waals surface area contributed by atoms with Gasteiger partial charge in [0.2, 0.25) is 16.0 Å². The van der Waals surface area contributed by atoms with Crippen molar-refractivity contribution in [3.05, 3.63) is 66.1 Å². The summed E-state index contributed by atoms with van der Waals surface area (Å²) in [5.41, 5.74) is 2.02. The van der Waals surface area contributed by atoms with Gasteiger partial charge in [0.05, 0.1) is 17.7 Å². The Hall–Kier alpha value is -4.10. The third-order valence-electron chi connectivity index (χ3n) is 4.92. The van der Waals surface area contributed by atoms with Crippen LogP contribution >= 0.6 is 0 Å². The molecular formula is C24H27FN6O5S. The van der Waals surface area contributed by atoms with Gasteiger partial charge in [-0.2, -0.15) is 4.98 Å². The number of sulfonamides is 1. The zero-order chi connectivity index (χ0) is 26.8. The lowest BCUT2D eigenvalue weighted by molar-refractivity contribution is -0.107. The molecule has 0 aliphatic heterocycles.